The zero-order valence-corrected chi connectivity index (χ0v) is 21.0. The maximum Gasteiger partial charge on any atom is 0.191 e. The van der Waals surface area contributed by atoms with Gasteiger partial charge in [-0.2, -0.15) is 0 Å². The van der Waals surface area contributed by atoms with Crippen LogP contribution in [-0.4, -0.2) is 42.5 Å². The predicted molar refractivity (Wildman–Crippen MR) is 132 cm³/mol. The second kappa shape index (κ2) is 12.1. The van der Waals surface area contributed by atoms with Crippen LogP contribution in [0, 0.1) is 12.8 Å². The summed E-state index contributed by atoms with van der Waals surface area (Å²) in [6.07, 6.45) is 3.51. The number of halogens is 1. The van der Waals surface area contributed by atoms with Crippen LogP contribution in [-0.2, 0) is 19.5 Å². The fraction of sp³-hybridized carbons (Fsp3) is 0.600. The maximum atomic E-state index is 4.70. The number of guanidine groups is 1. The van der Waals surface area contributed by atoms with Crippen LogP contribution in [0.15, 0.2) is 21.8 Å². The second-order valence-corrected chi connectivity index (χ2v) is 9.08. The quantitative estimate of drug-likeness (QED) is 0.317. The third kappa shape index (κ3) is 6.96. The van der Waals surface area contributed by atoms with Gasteiger partial charge in [-0.05, 0) is 62.2 Å². The highest BCUT2D eigenvalue weighted by Gasteiger charge is 2.20. The Morgan fingerprint density at radius 2 is 2.07 bits per heavy atom. The average Bonchev–Trinajstić information content (AvgIpc) is 3.32. The Bertz CT molecular complexity index is 735. The van der Waals surface area contributed by atoms with Crippen LogP contribution in [0.25, 0.3) is 0 Å². The molecule has 1 aliphatic heterocycles. The number of aromatic nitrogens is 1. The predicted octanol–water partition coefficient (Wildman–Crippen LogP) is 4.27. The summed E-state index contributed by atoms with van der Waals surface area (Å²) in [5.41, 5.74) is 2.59. The summed E-state index contributed by atoms with van der Waals surface area (Å²) in [5.74, 6) is 1.62. The van der Waals surface area contributed by atoms with Gasteiger partial charge >= 0.3 is 0 Å². The molecule has 0 atom stereocenters. The van der Waals surface area contributed by atoms with Gasteiger partial charge in [0.1, 0.15) is 0 Å². The summed E-state index contributed by atoms with van der Waals surface area (Å²) in [4.78, 5) is 13.0. The molecule has 1 fully saturated rings. The molecule has 3 heterocycles. The lowest BCUT2D eigenvalue weighted by atomic mass is 9.97. The van der Waals surface area contributed by atoms with E-state index in [4.69, 9.17) is 4.98 Å². The zero-order valence-electron chi connectivity index (χ0n) is 17.0. The lowest BCUT2D eigenvalue weighted by molar-refractivity contribution is 0.176. The molecule has 2 N–H and O–H groups in total. The van der Waals surface area contributed by atoms with E-state index in [1.807, 2.05) is 7.05 Å². The number of thiazole rings is 1. The van der Waals surface area contributed by atoms with E-state index in [-0.39, 0.29) is 24.0 Å². The molecule has 8 heteroatoms. The van der Waals surface area contributed by atoms with E-state index >= 15 is 0 Å². The monoisotopic (exact) mass is 533 g/mol. The van der Waals surface area contributed by atoms with Gasteiger partial charge in [-0.1, -0.05) is 6.92 Å². The second-order valence-electron chi connectivity index (χ2n) is 7.14. The van der Waals surface area contributed by atoms with Crippen LogP contribution >= 0.6 is 46.7 Å². The van der Waals surface area contributed by atoms with Crippen molar-refractivity contribution in [1.29, 1.82) is 0 Å². The van der Waals surface area contributed by atoms with Crippen LogP contribution in [0.1, 0.15) is 40.9 Å². The molecule has 156 valence electrons. The molecule has 1 aliphatic rings. The molecule has 0 spiro atoms. The van der Waals surface area contributed by atoms with Crippen molar-refractivity contribution < 1.29 is 0 Å². The van der Waals surface area contributed by atoms with E-state index in [0.29, 0.717) is 5.92 Å². The Morgan fingerprint density at radius 3 is 2.68 bits per heavy atom. The zero-order chi connectivity index (χ0) is 19.1. The lowest BCUT2D eigenvalue weighted by Crippen LogP contribution is -2.42. The summed E-state index contributed by atoms with van der Waals surface area (Å²) in [6, 6.07) is 2.17. The molecule has 0 unspecified atom stereocenters. The molecule has 2 aromatic rings. The first kappa shape index (κ1) is 23.6. The maximum absolute atomic E-state index is 4.70. The van der Waals surface area contributed by atoms with E-state index in [0.717, 1.165) is 45.1 Å². The van der Waals surface area contributed by atoms with Crippen molar-refractivity contribution in [3.8, 4) is 0 Å². The number of likely N-dealkylation sites (tertiary alicyclic amines) is 1. The van der Waals surface area contributed by atoms with Gasteiger partial charge in [-0.25, -0.2) is 4.98 Å². The highest BCUT2D eigenvalue weighted by atomic mass is 127. The summed E-state index contributed by atoms with van der Waals surface area (Å²) >= 11 is 3.59. The van der Waals surface area contributed by atoms with Crippen LogP contribution in [0.3, 0.4) is 0 Å². The average molecular weight is 534 g/mol. The van der Waals surface area contributed by atoms with Crippen LogP contribution < -0.4 is 10.6 Å². The highest BCUT2D eigenvalue weighted by Crippen LogP contribution is 2.20. The van der Waals surface area contributed by atoms with Crippen molar-refractivity contribution >= 4 is 52.6 Å². The first-order valence-corrected chi connectivity index (χ1v) is 11.6. The van der Waals surface area contributed by atoms with Crippen molar-refractivity contribution in [2.75, 3.05) is 26.7 Å². The Morgan fingerprint density at radius 1 is 1.29 bits per heavy atom. The van der Waals surface area contributed by atoms with Crippen molar-refractivity contribution in [3.05, 3.63) is 38.0 Å². The standard InChI is InChI=1S/C20H31N5S2.HI/c1-4-19-24-17(14-27-19)13-25-8-5-16(6-9-25)11-22-20(21-3)23-12-18-15(2)7-10-26-18;/h7,10,14,16H,4-6,8-9,11-13H2,1-3H3,(H2,21,22,23);1H. The molecule has 0 aliphatic carbocycles. The number of hydrogen-bond acceptors (Lipinski definition) is 5. The summed E-state index contributed by atoms with van der Waals surface area (Å²) < 4.78 is 0. The van der Waals surface area contributed by atoms with Gasteiger partial charge in [0, 0.05) is 30.4 Å². The Balaban J connectivity index is 0.00000280. The number of piperidine rings is 1. The minimum absolute atomic E-state index is 0. The summed E-state index contributed by atoms with van der Waals surface area (Å²) in [5, 5.41) is 12.6. The van der Waals surface area contributed by atoms with Gasteiger partial charge in [0.25, 0.3) is 0 Å². The number of aliphatic imine (C=N–C) groups is 1. The summed E-state index contributed by atoms with van der Waals surface area (Å²) in [6.45, 7) is 9.48. The molecular formula is C20H32IN5S2. The smallest absolute Gasteiger partial charge is 0.191 e. The number of hydrogen-bond donors (Lipinski definition) is 2. The van der Waals surface area contributed by atoms with Gasteiger partial charge in [0.05, 0.1) is 17.2 Å². The Hall–Kier alpha value is -0.710. The third-order valence-electron chi connectivity index (χ3n) is 5.16. The molecule has 0 radical (unpaired) electrons. The normalized spacial score (nSPS) is 16.0. The molecule has 1 saturated heterocycles. The van der Waals surface area contributed by atoms with E-state index in [1.54, 1.807) is 22.7 Å². The van der Waals surface area contributed by atoms with E-state index in [2.05, 4.69) is 51.2 Å². The number of thiophene rings is 1. The molecule has 5 nitrogen and oxygen atoms in total. The first-order chi connectivity index (χ1) is 13.2. The van der Waals surface area contributed by atoms with Gasteiger partial charge in [0.2, 0.25) is 0 Å². The van der Waals surface area contributed by atoms with Crippen LogP contribution in [0.4, 0.5) is 0 Å². The molecule has 0 bridgehead atoms. The number of aryl methyl sites for hydroxylation is 2. The molecule has 28 heavy (non-hydrogen) atoms. The lowest BCUT2D eigenvalue weighted by Gasteiger charge is -2.31. The van der Waals surface area contributed by atoms with E-state index in [1.165, 1.54) is 34.0 Å². The topological polar surface area (TPSA) is 52.6 Å². The summed E-state index contributed by atoms with van der Waals surface area (Å²) in [7, 11) is 1.84. The number of rotatable bonds is 7. The number of nitrogens with one attached hydrogen (secondary N) is 2. The Kier molecular flexibility index (Phi) is 10.2. The number of nitrogens with zero attached hydrogens (tertiary/aromatic N) is 3. The minimum atomic E-state index is 0. The molecule has 0 saturated carbocycles. The molecule has 0 aromatic carbocycles. The minimum Gasteiger partial charge on any atom is -0.356 e. The van der Waals surface area contributed by atoms with Crippen molar-refractivity contribution in [1.82, 2.24) is 20.5 Å². The van der Waals surface area contributed by atoms with E-state index < -0.39 is 0 Å². The third-order valence-corrected chi connectivity index (χ3v) is 7.23. The Labute approximate surface area is 194 Å². The molecule has 0 amide bonds. The van der Waals surface area contributed by atoms with Crippen LogP contribution in [0.5, 0.6) is 0 Å². The van der Waals surface area contributed by atoms with Crippen LogP contribution in [0.2, 0.25) is 0 Å². The van der Waals surface area contributed by atoms with Crippen molar-refractivity contribution in [2.45, 2.75) is 46.2 Å². The highest BCUT2D eigenvalue weighted by molar-refractivity contribution is 14.0. The largest absolute Gasteiger partial charge is 0.356 e. The molecular weight excluding hydrogens is 501 g/mol. The van der Waals surface area contributed by atoms with Gasteiger partial charge in [0.15, 0.2) is 5.96 Å². The molecule has 3 rings (SSSR count). The van der Waals surface area contributed by atoms with Crippen molar-refractivity contribution in [3.63, 3.8) is 0 Å². The fourth-order valence-corrected chi connectivity index (χ4v) is 4.95. The fourth-order valence-electron chi connectivity index (χ4n) is 3.37. The first-order valence-electron chi connectivity index (χ1n) is 9.81. The molecule has 2 aromatic heterocycles. The van der Waals surface area contributed by atoms with Gasteiger partial charge < -0.3 is 10.6 Å². The van der Waals surface area contributed by atoms with Crippen molar-refractivity contribution in [2.24, 2.45) is 10.9 Å². The van der Waals surface area contributed by atoms with Gasteiger partial charge in [-0.3, -0.25) is 9.89 Å². The SMILES string of the molecule is CCc1nc(CN2CCC(CNC(=NC)NCc3sccc3C)CC2)cs1.I. The van der Waals surface area contributed by atoms with Gasteiger partial charge in [-0.15, -0.1) is 46.7 Å². The van der Waals surface area contributed by atoms with E-state index in [9.17, 15) is 0 Å².